The Labute approximate surface area is 117 Å². The molecular formula is C17H27NO. The predicted octanol–water partition coefficient (Wildman–Crippen LogP) is 3.65. The molecule has 1 unspecified atom stereocenters. The number of piperidine rings is 1. The Morgan fingerprint density at radius 2 is 1.89 bits per heavy atom. The van der Waals surface area contributed by atoms with Crippen LogP contribution in [-0.2, 0) is 0 Å². The molecule has 0 spiro atoms. The summed E-state index contributed by atoms with van der Waals surface area (Å²) in [6, 6.07) is 8.96. The molecule has 0 radical (unpaired) electrons. The van der Waals surface area contributed by atoms with Gasteiger partial charge in [0.15, 0.2) is 0 Å². The van der Waals surface area contributed by atoms with Crippen LogP contribution in [0.5, 0.6) is 0 Å². The molecule has 0 aliphatic carbocycles. The minimum Gasteiger partial charge on any atom is -0.396 e. The maximum absolute atomic E-state index is 9.46. The fraction of sp³-hybridized carbons (Fsp3) is 0.647. The van der Waals surface area contributed by atoms with E-state index in [2.05, 4.69) is 56.9 Å². The molecule has 0 aromatic heterocycles. The first-order valence-corrected chi connectivity index (χ1v) is 7.40. The van der Waals surface area contributed by atoms with Gasteiger partial charge in [0, 0.05) is 25.4 Å². The second-order valence-corrected chi connectivity index (χ2v) is 6.82. The fourth-order valence-corrected chi connectivity index (χ4v) is 3.03. The highest BCUT2D eigenvalue weighted by Gasteiger charge is 2.35. The first-order chi connectivity index (χ1) is 8.94. The van der Waals surface area contributed by atoms with Crippen molar-refractivity contribution < 1.29 is 5.11 Å². The first kappa shape index (κ1) is 14.4. The van der Waals surface area contributed by atoms with Gasteiger partial charge in [-0.25, -0.2) is 0 Å². The monoisotopic (exact) mass is 261 g/mol. The molecule has 1 aliphatic rings. The van der Waals surface area contributed by atoms with Crippen LogP contribution >= 0.6 is 0 Å². The van der Waals surface area contributed by atoms with Crippen LogP contribution in [0.4, 0.5) is 5.69 Å². The largest absolute Gasteiger partial charge is 0.396 e. The van der Waals surface area contributed by atoms with Crippen LogP contribution in [0.3, 0.4) is 0 Å². The zero-order valence-electron chi connectivity index (χ0n) is 12.7. The Morgan fingerprint density at radius 3 is 2.37 bits per heavy atom. The van der Waals surface area contributed by atoms with Gasteiger partial charge in [0.2, 0.25) is 0 Å². The Morgan fingerprint density at radius 1 is 1.26 bits per heavy atom. The third kappa shape index (κ3) is 3.11. The molecule has 1 saturated heterocycles. The Hall–Kier alpha value is -1.02. The zero-order valence-corrected chi connectivity index (χ0v) is 12.7. The van der Waals surface area contributed by atoms with Crippen LogP contribution in [-0.4, -0.2) is 24.8 Å². The highest BCUT2D eigenvalue weighted by atomic mass is 16.3. The quantitative estimate of drug-likeness (QED) is 0.897. The first-order valence-electron chi connectivity index (χ1n) is 7.40. The van der Waals surface area contributed by atoms with Crippen LogP contribution in [0.15, 0.2) is 24.3 Å². The minimum atomic E-state index is 0.184. The average molecular weight is 261 g/mol. The fourth-order valence-electron chi connectivity index (χ4n) is 3.03. The van der Waals surface area contributed by atoms with E-state index in [1.807, 2.05) is 0 Å². The summed E-state index contributed by atoms with van der Waals surface area (Å²) in [6.07, 6.45) is 1.08. The van der Waals surface area contributed by atoms with E-state index in [1.54, 1.807) is 0 Å². The molecular weight excluding hydrogens is 234 g/mol. The third-order valence-electron chi connectivity index (χ3n) is 4.60. The van der Waals surface area contributed by atoms with E-state index in [0.717, 1.165) is 19.5 Å². The Kier molecular flexibility index (Phi) is 4.19. The van der Waals surface area contributed by atoms with Gasteiger partial charge in [0.1, 0.15) is 0 Å². The summed E-state index contributed by atoms with van der Waals surface area (Å²) in [5.41, 5.74) is 2.89. The molecule has 0 bridgehead atoms. The highest BCUT2D eigenvalue weighted by Crippen LogP contribution is 2.36. The lowest BCUT2D eigenvalue weighted by Crippen LogP contribution is -2.47. The van der Waals surface area contributed by atoms with E-state index in [1.165, 1.54) is 11.3 Å². The Balaban J connectivity index is 2.11. The van der Waals surface area contributed by atoms with Gasteiger partial charge in [0.05, 0.1) is 0 Å². The standard InChI is InChI=1S/C17H27NO/c1-13(2)14-5-7-16(8-6-14)18-10-9-15(11-19)17(3,4)12-18/h5-8,13,15,19H,9-12H2,1-4H3. The van der Waals surface area contributed by atoms with Crippen molar-refractivity contribution in [2.75, 3.05) is 24.6 Å². The molecule has 0 amide bonds. The molecule has 1 aliphatic heterocycles. The summed E-state index contributed by atoms with van der Waals surface area (Å²) in [4.78, 5) is 2.45. The number of aliphatic hydroxyl groups is 1. The van der Waals surface area contributed by atoms with E-state index in [9.17, 15) is 5.11 Å². The second kappa shape index (κ2) is 5.54. The Bertz CT molecular complexity index is 408. The maximum atomic E-state index is 9.46. The lowest BCUT2D eigenvalue weighted by molar-refractivity contribution is 0.0972. The van der Waals surface area contributed by atoms with Crippen molar-refractivity contribution in [3.05, 3.63) is 29.8 Å². The number of aliphatic hydroxyl groups excluding tert-OH is 1. The van der Waals surface area contributed by atoms with E-state index >= 15 is 0 Å². The maximum Gasteiger partial charge on any atom is 0.0465 e. The molecule has 1 atom stereocenters. The van der Waals surface area contributed by atoms with Crippen molar-refractivity contribution in [2.24, 2.45) is 11.3 Å². The van der Waals surface area contributed by atoms with Gasteiger partial charge >= 0.3 is 0 Å². The number of benzene rings is 1. The number of rotatable bonds is 3. The zero-order chi connectivity index (χ0) is 14.0. The third-order valence-corrected chi connectivity index (χ3v) is 4.60. The van der Waals surface area contributed by atoms with Crippen molar-refractivity contribution in [3.63, 3.8) is 0 Å². The van der Waals surface area contributed by atoms with E-state index in [4.69, 9.17) is 0 Å². The molecule has 19 heavy (non-hydrogen) atoms. The molecule has 1 N–H and O–H groups in total. The van der Waals surface area contributed by atoms with Crippen LogP contribution < -0.4 is 4.90 Å². The second-order valence-electron chi connectivity index (χ2n) is 6.82. The number of anilines is 1. The van der Waals surface area contributed by atoms with Gasteiger partial charge in [-0.1, -0.05) is 39.8 Å². The summed E-state index contributed by atoms with van der Waals surface area (Å²) in [5.74, 6) is 1.02. The van der Waals surface area contributed by atoms with Crippen molar-refractivity contribution >= 4 is 5.69 Å². The minimum absolute atomic E-state index is 0.184. The molecule has 2 rings (SSSR count). The van der Waals surface area contributed by atoms with Gasteiger partial charge in [0.25, 0.3) is 0 Å². The lowest BCUT2D eigenvalue weighted by atomic mass is 9.74. The van der Waals surface area contributed by atoms with Gasteiger partial charge in [-0.3, -0.25) is 0 Å². The molecule has 0 saturated carbocycles. The SMILES string of the molecule is CC(C)c1ccc(N2CCC(CO)C(C)(C)C2)cc1. The highest BCUT2D eigenvalue weighted by molar-refractivity contribution is 5.48. The molecule has 2 nitrogen and oxygen atoms in total. The average Bonchev–Trinajstić information content (AvgIpc) is 2.37. The van der Waals surface area contributed by atoms with Gasteiger partial charge in [-0.15, -0.1) is 0 Å². The van der Waals surface area contributed by atoms with Gasteiger partial charge in [-0.05, 0) is 41.4 Å². The lowest BCUT2D eigenvalue weighted by Gasteiger charge is -2.44. The number of hydrogen-bond donors (Lipinski definition) is 1. The van der Waals surface area contributed by atoms with Crippen LogP contribution in [0.2, 0.25) is 0 Å². The van der Waals surface area contributed by atoms with Crippen LogP contribution in [0, 0.1) is 11.3 Å². The summed E-state index contributed by atoms with van der Waals surface area (Å²) in [6.45, 7) is 11.4. The molecule has 106 valence electrons. The predicted molar refractivity (Wildman–Crippen MR) is 81.7 cm³/mol. The molecule has 1 aromatic carbocycles. The smallest absolute Gasteiger partial charge is 0.0465 e. The molecule has 1 aromatic rings. The molecule has 2 heteroatoms. The van der Waals surface area contributed by atoms with E-state index < -0.39 is 0 Å². The number of hydrogen-bond acceptors (Lipinski definition) is 2. The summed E-state index contributed by atoms with van der Waals surface area (Å²) in [7, 11) is 0. The van der Waals surface area contributed by atoms with E-state index in [0.29, 0.717) is 18.4 Å². The molecule has 1 heterocycles. The van der Waals surface area contributed by atoms with Crippen LogP contribution in [0.25, 0.3) is 0 Å². The van der Waals surface area contributed by atoms with Crippen molar-refractivity contribution in [1.29, 1.82) is 0 Å². The van der Waals surface area contributed by atoms with Crippen LogP contribution in [0.1, 0.15) is 45.6 Å². The normalized spacial score (nSPS) is 22.8. The topological polar surface area (TPSA) is 23.5 Å². The van der Waals surface area contributed by atoms with Crippen molar-refractivity contribution in [3.8, 4) is 0 Å². The summed E-state index contributed by atoms with van der Waals surface area (Å²) < 4.78 is 0. The van der Waals surface area contributed by atoms with Crippen molar-refractivity contribution in [2.45, 2.75) is 40.0 Å². The molecule has 1 fully saturated rings. The summed E-state index contributed by atoms with van der Waals surface area (Å²) in [5, 5.41) is 9.46. The number of nitrogens with zero attached hydrogens (tertiary/aromatic N) is 1. The van der Waals surface area contributed by atoms with Gasteiger partial charge < -0.3 is 10.0 Å². The van der Waals surface area contributed by atoms with Gasteiger partial charge in [-0.2, -0.15) is 0 Å². The summed E-state index contributed by atoms with van der Waals surface area (Å²) >= 11 is 0. The van der Waals surface area contributed by atoms with E-state index in [-0.39, 0.29) is 5.41 Å². The van der Waals surface area contributed by atoms with Crippen molar-refractivity contribution in [1.82, 2.24) is 0 Å².